The quantitative estimate of drug-likeness (QED) is 0.713. The molecule has 0 amide bonds. The number of fused-ring (bicyclic) bond motifs is 3. The first kappa shape index (κ1) is 20.1. The van der Waals surface area contributed by atoms with Crippen LogP contribution in [0.2, 0.25) is 0 Å². The molecular formula is C22H37N5S. The van der Waals surface area contributed by atoms with Crippen molar-refractivity contribution in [3.8, 4) is 0 Å². The number of hydrogen-bond acceptors (Lipinski definition) is 3. The van der Waals surface area contributed by atoms with Crippen molar-refractivity contribution in [3.63, 3.8) is 0 Å². The Morgan fingerprint density at radius 1 is 1.25 bits per heavy atom. The van der Waals surface area contributed by atoms with E-state index in [0.717, 1.165) is 24.1 Å². The fourth-order valence-corrected chi connectivity index (χ4v) is 5.69. The number of thiocarbonyl (C=S) groups is 1. The third-order valence-corrected chi connectivity index (χ3v) is 7.42. The van der Waals surface area contributed by atoms with E-state index in [4.69, 9.17) is 17.3 Å². The minimum absolute atomic E-state index is 0.608. The molecule has 4 heterocycles. The summed E-state index contributed by atoms with van der Waals surface area (Å²) in [5.41, 5.74) is 2.82. The summed E-state index contributed by atoms with van der Waals surface area (Å²) in [4.78, 5) is 2.69. The van der Waals surface area contributed by atoms with Crippen LogP contribution in [0.15, 0.2) is 6.07 Å². The molecule has 3 aliphatic heterocycles. The molecule has 5 rings (SSSR count). The second kappa shape index (κ2) is 8.70. The molecule has 1 aromatic heterocycles. The number of nitrogens with one attached hydrogen (secondary N) is 2. The Morgan fingerprint density at radius 3 is 2.71 bits per heavy atom. The first-order chi connectivity index (χ1) is 13.5. The highest BCUT2D eigenvalue weighted by atomic mass is 32.1. The summed E-state index contributed by atoms with van der Waals surface area (Å²) in [5.74, 6) is 2.74. The minimum atomic E-state index is 0.608. The zero-order valence-corrected chi connectivity index (χ0v) is 18.6. The van der Waals surface area contributed by atoms with Crippen LogP contribution in [0.5, 0.6) is 0 Å². The molecule has 1 aliphatic carbocycles. The first-order valence-electron chi connectivity index (χ1n) is 11.3. The number of rotatable bonds is 6. The van der Waals surface area contributed by atoms with E-state index < -0.39 is 0 Å². The second-order valence-corrected chi connectivity index (χ2v) is 10.0. The van der Waals surface area contributed by atoms with Gasteiger partial charge in [-0.25, -0.2) is 0 Å². The van der Waals surface area contributed by atoms with Crippen LogP contribution in [0.3, 0.4) is 0 Å². The van der Waals surface area contributed by atoms with Gasteiger partial charge in [-0.1, -0.05) is 26.7 Å². The maximum absolute atomic E-state index is 5.45. The molecule has 5 nitrogen and oxygen atoms in total. The van der Waals surface area contributed by atoms with Gasteiger partial charge in [-0.3, -0.25) is 9.58 Å². The lowest BCUT2D eigenvalue weighted by Gasteiger charge is -2.50. The van der Waals surface area contributed by atoms with Crippen molar-refractivity contribution in [1.82, 2.24) is 25.3 Å². The summed E-state index contributed by atoms with van der Waals surface area (Å²) in [6, 6.07) is 3.05. The van der Waals surface area contributed by atoms with Crippen LogP contribution in [-0.2, 0) is 7.05 Å². The van der Waals surface area contributed by atoms with E-state index in [0.29, 0.717) is 23.8 Å². The topological polar surface area (TPSA) is 45.1 Å². The predicted molar refractivity (Wildman–Crippen MR) is 119 cm³/mol. The summed E-state index contributed by atoms with van der Waals surface area (Å²) in [6.45, 7) is 8.72. The van der Waals surface area contributed by atoms with Gasteiger partial charge in [-0.15, -0.1) is 0 Å². The molecule has 0 radical (unpaired) electrons. The van der Waals surface area contributed by atoms with Gasteiger partial charge in [0.2, 0.25) is 0 Å². The van der Waals surface area contributed by atoms with Gasteiger partial charge in [0, 0.05) is 50.3 Å². The number of aromatic nitrogens is 2. The average molecular weight is 404 g/mol. The van der Waals surface area contributed by atoms with Crippen LogP contribution in [0.4, 0.5) is 0 Å². The number of nitrogens with zero attached hydrogens (tertiary/aromatic N) is 3. The van der Waals surface area contributed by atoms with E-state index in [1.807, 2.05) is 0 Å². The minimum Gasteiger partial charge on any atom is -0.362 e. The van der Waals surface area contributed by atoms with E-state index in [-0.39, 0.29) is 0 Å². The van der Waals surface area contributed by atoms with Gasteiger partial charge in [0.05, 0.1) is 5.69 Å². The third kappa shape index (κ3) is 4.38. The van der Waals surface area contributed by atoms with Crippen molar-refractivity contribution in [2.75, 3.05) is 26.2 Å². The van der Waals surface area contributed by atoms with E-state index in [1.165, 1.54) is 63.0 Å². The standard InChI is InChI=1S/C22H37N5S/c1-15(2)12-23-22(28)24-13-18-10-17-8-9-27(18)14-19(17)21-11-20(25-26(21)3)16-6-4-5-7-16/h11,15-19H,4-10,12-14H2,1-3H3,(H2,23,24,28)/t17-,18-,19+/m1/s1. The van der Waals surface area contributed by atoms with Crippen molar-refractivity contribution in [2.45, 2.75) is 70.3 Å². The molecule has 1 saturated carbocycles. The molecule has 156 valence electrons. The monoisotopic (exact) mass is 403 g/mol. The van der Waals surface area contributed by atoms with E-state index in [2.05, 4.69) is 47.2 Å². The van der Waals surface area contributed by atoms with Crippen LogP contribution in [0.25, 0.3) is 0 Å². The maximum atomic E-state index is 5.45. The van der Waals surface area contributed by atoms with Gasteiger partial charge in [-0.05, 0) is 62.3 Å². The van der Waals surface area contributed by atoms with Crippen LogP contribution in [-0.4, -0.2) is 52.0 Å². The van der Waals surface area contributed by atoms with Crippen LogP contribution < -0.4 is 10.6 Å². The molecule has 0 aromatic carbocycles. The highest BCUT2D eigenvalue weighted by molar-refractivity contribution is 7.80. The smallest absolute Gasteiger partial charge is 0.166 e. The lowest BCUT2D eigenvalue weighted by molar-refractivity contribution is 0.0302. The van der Waals surface area contributed by atoms with Gasteiger partial charge in [0.25, 0.3) is 0 Å². The lowest BCUT2D eigenvalue weighted by atomic mass is 9.74. The zero-order chi connectivity index (χ0) is 19.7. The molecule has 4 aliphatic rings. The highest BCUT2D eigenvalue weighted by Gasteiger charge is 2.42. The van der Waals surface area contributed by atoms with Crippen molar-refractivity contribution < 1.29 is 0 Å². The van der Waals surface area contributed by atoms with Gasteiger partial charge >= 0.3 is 0 Å². The van der Waals surface area contributed by atoms with Gasteiger partial charge < -0.3 is 10.6 Å². The Bertz CT molecular complexity index is 678. The van der Waals surface area contributed by atoms with E-state index in [9.17, 15) is 0 Å². The van der Waals surface area contributed by atoms with Crippen LogP contribution in [0, 0.1) is 11.8 Å². The fourth-order valence-electron chi connectivity index (χ4n) is 5.53. The Labute approximate surface area is 175 Å². The maximum Gasteiger partial charge on any atom is 0.166 e. The Kier molecular flexibility index (Phi) is 6.26. The van der Waals surface area contributed by atoms with Crippen molar-refractivity contribution >= 4 is 17.3 Å². The summed E-state index contributed by atoms with van der Waals surface area (Å²) in [6.07, 6.45) is 8.00. The molecular weight excluding hydrogens is 366 g/mol. The molecule has 1 aromatic rings. The zero-order valence-electron chi connectivity index (χ0n) is 17.8. The molecule has 4 fully saturated rings. The molecule has 4 atom stereocenters. The summed E-state index contributed by atoms with van der Waals surface area (Å²) in [5, 5.41) is 12.5. The summed E-state index contributed by atoms with van der Waals surface area (Å²) < 4.78 is 2.19. The van der Waals surface area contributed by atoms with E-state index in [1.54, 1.807) is 0 Å². The molecule has 1 unspecified atom stereocenters. The van der Waals surface area contributed by atoms with Crippen molar-refractivity contribution in [3.05, 3.63) is 17.5 Å². The van der Waals surface area contributed by atoms with Crippen molar-refractivity contribution in [2.24, 2.45) is 18.9 Å². The third-order valence-electron chi connectivity index (χ3n) is 7.14. The normalized spacial score (nSPS) is 30.1. The Balaban J connectivity index is 1.34. The highest BCUT2D eigenvalue weighted by Crippen LogP contribution is 2.43. The predicted octanol–water partition coefficient (Wildman–Crippen LogP) is 3.38. The summed E-state index contributed by atoms with van der Waals surface area (Å²) in [7, 11) is 2.16. The Morgan fingerprint density at radius 2 is 2.04 bits per heavy atom. The molecule has 2 N–H and O–H groups in total. The molecule has 6 heteroatoms. The molecule has 0 spiro atoms. The number of aryl methyl sites for hydroxylation is 1. The fraction of sp³-hybridized carbons (Fsp3) is 0.818. The Hall–Kier alpha value is -1.14. The second-order valence-electron chi connectivity index (χ2n) is 9.62. The van der Waals surface area contributed by atoms with E-state index >= 15 is 0 Å². The lowest BCUT2D eigenvalue weighted by Crippen LogP contribution is -2.56. The van der Waals surface area contributed by atoms with Crippen LogP contribution in [0.1, 0.15) is 75.6 Å². The molecule has 3 saturated heterocycles. The summed E-state index contributed by atoms with van der Waals surface area (Å²) >= 11 is 5.45. The molecule has 28 heavy (non-hydrogen) atoms. The number of piperidine rings is 3. The largest absolute Gasteiger partial charge is 0.362 e. The van der Waals surface area contributed by atoms with Gasteiger partial charge in [-0.2, -0.15) is 5.10 Å². The number of hydrogen-bond donors (Lipinski definition) is 2. The van der Waals surface area contributed by atoms with Gasteiger partial charge in [0.15, 0.2) is 5.11 Å². The van der Waals surface area contributed by atoms with Gasteiger partial charge in [0.1, 0.15) is 0 Å². The SMILES string of the molecule is CC(C)CNC(=S)NC[C@H]1C[C@H]2CCN1C[C@@H]2c1cc(C2CCCC2)nn1C. The van der Waals surface area contributed by atoms with Crippen molar-refractivity contribution in [1.29, 1.82) is 0 Å². The van der Waals surface area contributed by atoms with Crippen LogP contribution >= 0.6 is 12.2 Å². The average Bonchev–Trinajstić information content (AvgIpc) is 3.34. The molecule has 2 bridgehead atoms. The first-order valence-corrected chi connectivity index (χ1v) is 11.7.